The number of hydrogen-bond acceptors (Lipinski definition) is 2. The number of allylic oxidation sites excluding steroid dienone is 1. The summed E-state index contributed by atoms with van der Waals surface area (Å²) in [6.07, 6.45) is 3.59. The van der Waals surface area contributed by atoms with Gasteiger partial charge in [0.2, 0.25) is 0 Å². The van der Waals surface area contributed by atoms with Crippen molar-refractivity contribution in [1.82, 2.24) is 0 Å². The molecule has 2 nitrogen and oxygen atoms in total. The molecule has 0 unspecified atom stereocenters. The smallest absolute Gasteiger partial charge is 0.335 e. The number of esters is 1. The fourth-order valence-corrected chi connectivity index (χ4v) is 1.73. The van der Waals surface area contributed by atoms with Crippen molar-refractivity contribution in [2.75, 3.05) is 6.61 Å². The summed E-state index contributed by atoms with van der Waals surface area (Å²) in [6, 6.07) is 9.82. The van der Waals surface area contributed by atoms with Gasteiger partial charge in [0, 0.05) is 11.5 Å². The molecule has 1 aromatic rings. The lowest BCUT2D eigenvalue weighted by Gasteiger charge is -2.11. The molecule has 2 rings (SSSR count). The Bertz CT molecular complexity index is 404. The van der Waals surface area contributed by atoms with E-state index in [0.717, 1.165) is 5.56 Å². The van der Waals surface area contributed by atoms with Crippen LogP contribution < -0.4 is 0 Å². The van der Waals surface area contributed by atoms with Crippen molar-refractivity contribution in [3.63, 3.8) is 0 Å². The molecule has 0 aliphatic carbocycles. The van der Waals surface area contributed by atoms with Crippen LogP contribution in [0.15, 0.2) is 54.6 Å². The summed E-state index contributed by atoms with van der Waals surface area (Å²) in [7, 11) is 0. The number of cyclic esters (lactones) is 1. The van der Waals surface area contributed by atoms with E-state index in [4.69, 9.17) is 4.74 Å². The van der Waals surface area contributed by atoms with Crippen LogP contribution in [0.2, 0.25) is 0 Å². The van der Waals surface area contributed by atoms with E-state index in [9.17, 15) is 4.79 Å². The van der Waals surface area contributed by atoms with Crippen LogP contribution in [-0.4, -0.2) is 12.6 Å². The van der Waals surface area contributed by atoms with Crippen LogP contribution in [0.25, 0.3) is 0 Å². The van der Waals surface area contributed by atoms with Crippen LogP contribution in [0, 0.1) is 0 Å². The van der Waals surface area contributed by atoms with Gasteiger partial charge in [-0.3, -0.25) is 0 Å². The van der Waals surface area contributed by atoms with Crippen molar-refractivity contribution >= 4 is 5.97 Å². The molecule has 0 bridgehead atoms. The molecule has 0 saturated heterocycles. The third-order valence-electron chi connectivity index (χ3n) is 2.48. The SMILES string of the molecule is C=C[C@@H](C1=CCOC1=O)c1ccccc1. The highest BCUT2D eigenvalue weighted by atomic mass is 16.5. The van der Waals surface area contributed by atoms with E-state index in [0.29, 0.717) is 12.2 Å². The van der Waals surface area contributed by atoms with Crippen molar-refractivity contribution in [1.29, 1.82) is 0 Å². The maximum atomic E-state index is 11.4. The summed E-state index contributed by atoms with van der Waals surface area (Å²) in [5.74, 6) is -0.287. The van der Waals surface area contributed by atoms with Crippen molar-refractivity contribution in [3.05, 3.63) is 60.2 Å². The van der Waals surface area contributed by atoms with Gasteiger partial charge in [-0.25, -0.2) is 4.79 Å². The monoisotopic (exact) mass is 200 g/mol. The third-order valence-corrected chi connectivity index (χ3v) is 2.48. The van der Waals surface area contributed by atoms with Crippen LogP contribution in [0.3, 0.4) is 0 Å². The second-order valence-electron chi connectivity index (χ2n) is 3.38. The summed E-state index contributed by atoms with van der Waals surface area (Å²) in [6.45, 7) is 4.15. The summed E-state index contributed by atoms with van der Waals surface area (Å²) in [4.78, 5) is 11.4. The lowest BCUT2D eigenvalue weighted by Crippen LogP contribution is -2.07. The van der Waals surface area contributed by atoms with Crippen LogP contribution >= 0.6 is 0 Å². The first-order valence-corrected chi connectivity index (χ1v) is 4.87. The summed E-state index contributed by atoms with van der Waals surface area (Å²) >= 11 is 0. The van der Waals surface area contributed by atoms with Crippen LogP contribution in [0.4, 0.5) is 0 Å². The first-order chi connectivity index (χ1) is 7.33. The molecule has 15 heavy (non-hydrogen) atoms. The number of benzene rings is 1. The van der Waals surface area contributed by atoms with Gasteiger partial charge in [0.1, 0.15) is 6.61 Å². The number of rotatable bonds is 3. The van der Waals surface area contributed by atoms with Gasteiger partial charge in [0.05, 0.1) is 0 Å². The van der Waals surface area contributed by atoms with Gasteiger partial charge in [-0.05, 0) is 11.6 Å². The standard InChI is InChI=1S/C13H12O2/c1-2-11(10-6-4-3-5-7-10)12-8-9-15-13(12)14/h2-8,11H,1,9H2/t11-/m1/s1. The summed E-state index contributed by atoms with van der Waals surface area (Å²) < 4.78 is 4.89. The van der Waals surface area contributed by atoms with E-state index in [1.54, 1.807) is 6.08 Å². The molecule has 0 fully saturated rings. The van der Waals surface area contributed by atoms with Gasteiger partial charge in [-0.2, -0.15) is 0 Å². The molecular formula is C13H12O2. The molecule has 1 aliphatic heterocycles. The Morgan fingerprint density at radius 1 is 1.33 bits per heavy atom. The molecule has 76 valence electrons. The third kappa shape index (κ3) is 1.84. The van der Waals surface area contributed by atoms with Gasteiger partial charge < -0.3 is 4.74 Å². The zero-order chi connectivity index (χ0) is 10.7. The molecule has 0 saturated carbocycles. The highest BCUT2D eigenvalue weighted by Gasteiger charge is 2.24. The van der Waals surface area contributed by atoms with Crippen molar-refractivity contribution < 1.29 is 9.53 Å². The van der Waals surface area contributed by atoms with E-state index in [2.05, 4.69) is 6.58 Å². The minimum absolute atomic E-state index is 0.0544. The summed E-state index contributed by atoms with van der Waals surface area (Å²) in [5.41, 5.74) is 1.76. The Balaban J connectivity index is 2.33. The number of ether oxygens (including phenoxy) is 1. The fourth-order valence-electron chi connectivity index (χ4n) is 1.73. The highest BCUT2D eigenvalue weighted by Crippen LogP contribution is 2.28. The second kappa shape index (κ2) is 4.13. The maximum absolute atomic E-state index is 11.4. The molecule has 1 aliphatic rings. The van der Waals surface area contributed by atoms with Gasteiger partial charge in [-0.15, -0.1) is 6.58 Å². The van der Waals surface area contributed by atoms with Crippen LogP contribution in [-0.2, 0) is 9.53 Å². The van der Waals surface area contributed by atoms with Crippen LogP contribution in [0.1, 0.15) is 11.5 Å². The number of carbonyl (C=O) groups is 1. The molecule has 1 heterocycles. The minimum atomic E-state index is -0.233. The van der Waals surface area contributed by atoms with Gasteiger partial charge in [0.15, 0.2) is 0 Å². The van der Waals surface area contributed by atoms with E-state index in [1.165, 1.54) is 0 Å². The van der Waals surface area contributed by atoms with E-state index >= 15 is 0 Å². The Labute approximate surface area is 88.9 Å². The fraction of sp³-hybridized carbons (Fsp3) is 0.154. The molecule has 0 N–H and O–H groups in total. The molecule has 2 heteroatoms. The molecule has 1 aromatic carbocycles. The second-order valence-corrected chi connectivity index (χ2v) is 3.38. The van der Waals surface area contributed by atoms with E-state index in [1.807, 2.05) is 36.4 Å². The first-order valence-electron chi connectivity index (χ1n) is 4.87. The predicted octanol–water partition coefficient (Wildman–Crippen LogP) is 2.44. The van der Waals surface area contributed by atoms with Crippen molar-refractivity contribution in [2.24, 2.45) is 0 Å². The zero-order valence-electron chi connectivity index (χ0n) is 8.35. The largest absolute Gasteiger partial charge is 0.458 e. The first kappa shape index (κ1) is 9.71. The highest BCUT2D eigenvalue weighted by molar-refractivity contribution is 5.92. The average molecular weight is 200 g/mol. The van der Waals surface area contributed by atoms with Crippen molar-refractivity contribution in [3.8, 4) is 0 Å². The molecule has 0 radical (unpaired) electrons. The topological polar surface area (TPSA) is 26.3 Å². The van der Waals surface area contributed by atoms with E-state index < -0.39 is 0 Å². The average Bonchev–Trinajstić information content (AvgIpc) is 2.68. The lowest BCUT2D eigenvalue weighted by molar-refractivity contribution is -0.136. The predicted molar refractivity (Wildman–Crippen MR) is 58.4 cm³/mol. The Morgan fingerprint density at radius 2 is 2.07 bits per heavy atom. The number of carbonyl (C=O) groups excluding carboxylic acids is 1. The Hall–Kier alpha value is -1.83. The summed E-state index contributed by atoms with van der Waals surface area (Å²) in [5, 5.41) is 0. The van der Waals surface area contributed by atoms with Gasteiger partial charge >= 0.3 is 5.97 Å². The molecule has 0 spiro atoms. The van der Waals surface area contributed by atoms with Crippen molar-refractivity contribution in [2.45, 2.75) is 5.92 Å². The Morgan fingerprint density at radius 3 is 2.60 bits per heavy atom. The Kier molecular flexibility index (Phi) is 2.68. The number of hydrogen-bond donors (Lipinski definition) is 0. The maximum Gasteiger partial charge on any atom is 0.335 e. The molecule has 0 amide bonds. The zero-order valence-corrected chi connectivity index (χ0v) is 8.35. The van der Waals surface area contributed by atoms with E-state index in [-0.39, 0.29) is 11.9 Å². The minimum Gasteiger partial charge on any atom is -0.458 e. The quantitative estimate of drug-likeness (QED) is 0.553. The lowest BCUT2D eigenvalue weighted by atomic mass is 9.91. The van der Waals surface area contributed by atoms with Crippen LogP contribution in [0.5, 0.6) is 0 Å². The molecular weight excluding hydrogens is 188 g/mol. The molecule has 1 atom stereocenters. The normalized spacial score (nSPS) is 16.8. The molecule has 0 aromatic heterocycles. The van der Waals surface area contributed by atoms with Gasteiger partial charge in [-0.1, -0.05) is 36.4 Å². The van der Waals surface area contributed by atoms with Gasteiger partial charge in [0.25, 0.3) is 0 Å².